The van der Waals surface area contributed by atoms with Gasteiger partial charge in [-0.25, -0.2) is 0 Å². The summed E-state index contributed by atoms with van der Waals surface area (Å²) in [6.07, 6.45) is -4.59. The van der Waals surface area contributed by atoms with Crippen molar-refractivity contribution in [1.82, 2.24) is 9.80 Å². The third-order valence-corrected chi connectivity index (χ3v) is 3.68. The first-order chi connectivity index (χ1) is 10.2. The Kier molecular flexibility index (Phi) is 4.63. The molecule has 1 fully saturated rings. The van der Waals surface area contributed by atoms with Crippen molar-refractivity contribution < 1.29 is 18.0 Å². The van der Waals surface area contributed by atoms with Gasteiger partial charge < -0.3 is 9.80 Å². The molecule has 0 radical (unpaired) electrons. The summed E-state index contributed by atoms with van der Waals surface area (Å²) >= 11 is 5.69. The van der Waals surface area contributed by atoms with Gasteiger partial charge in [0, 0.05) is 30.2 Å². The molecular formula is C14H13ClF3N3O. The normalized spacial score (nSPS) is 19.8. The highest BCUT2D eigenvalue weighted by atomic mass is 35.5. The molecule has 22 heavy (non-hydrogen) atoms. The van der Waals surface area contributed by atoms with Crippen LogP contribution in [-0.2, 0) is 6.18 Å². The molecule has 1 aliphatic rings. The minimum atomic E-state index is -4.59. The second-order valence-electron chi connectivity index (χ2n) is 5.13. The maximum absolute atomic E-state index is 12.8. The minimum absolute atomic E-state index is 0.162. The summed E-state index contributed by atoms with van der Waals surface area (Å²) in [5.41, 5.74) is -1.14. The number of carbonyl (C=O) groups is 1. The van der Waals surface area contributed by atoms with Crippen LogP contribution < -0.4 is 0 Å². The van der Waals surface area contributed by atoms with Crippen molar-refractivity contribution in [1.29, 1.82) is 5.26 Å². The molecule has 1 atom stereocenters. The number of likely N-dealkylation sites (N-methyl/N-ethyl adjacent to an activating group) is 1. The van der Waals surface area contributed by atoms with Crippen molar-refractivity contribution in [2.24, 2.45) is 0 Å². The fraction of sp³-hybridized carbons (Fsp3) is 0.429. The number of halogens is 4. The van der Waals surface area contributed by atoms with Crippen molar-refractivity contribution in [3.63, 3.8) is 0 Å². The fourth-order valence-electron chi connectivity index (χ4n) is 2.32. The predicted octanol–water partition coefficient (Wildman–Crippen LogP) is 2.64. The lowest BCUT2D eigenvalue weighted by atomic mass is 10.1. The number of piperazine rings is 1. The zero-order valence-electron chi connectivity index (χ0n) is 11.7. The summed E-state index contributed by atoms with van der Waals surface area (Å²) in [6.45, 7) is 1.19. The number of alkyl halides is 3. The van der Waals surface area contributed by atoms with Crippen LogP contribution >= 0.6 is 11.6 Å². The summed E-state index contributed by atoms with van der Waals surface area (Å²) in [5, 5.41) is 8.97. The van der Waals surface area contributed by atoms with E-state index in [0.717, 1.165) is 12.1 Å². The Hall–Kier alpha value is -1.78. The Morgan fingerprint density at radius 1 is 1.36 bits per heavy atom. The van der Waals surface area contributed by atoms with E-state index in [1.54, 1.807) is 0 Å². The number of hydrogen-bond donors (Lipinski definition) is 0. The molecule has 0 bridgehead atoms. The second kappa shape index (κ2) is 6.15. The highest BCUT2D eigenvalue weighted by Gasteiger charge is 2.34. The van der Waals surface area contributed by atoms with Crippen LogP contribution in [0.5, 0.6) is 0 Å². The van der Waals surface area contributed by atoms with Gasteiger partial charge in [-0.2, -0.15) is 18.4 Å². The number of nitriles is 1. The van der Waals surface area contributed by atoms with E-state index in [1.165, 1.54) is 11.0 Å². The van der Waals surface area contributed by atoms with E-state index in [4.69, 9.17) is 16.9 Å². The fourth-order valence-corrected chi connectivity index (χ4v) is 2.55. The predicted molar refractivity (Wildman–Crippen MR) is 74.4 cm³/mol. The molecule has 0 N–H and O–H groups in total. The van der Waals surface area contributed by atoms with Crippen LogP contribution in [0.4, 0.5) is 13.2 Å². The van der Waals surface area contributed by atoms with Gasteiger partial charge in [-0.05, 0) is 25.2 Å². The van der Waals surface area contributed by atoms with E-state index in [-0.39, 0.29) is 17.1 Å². The van der Waals surface area contributed by atoms with Crippen molar-refractivity contribution in [2.75, 3.05) is 26.7 Å². The molecule has 118 valence electrons. The van der Waals surface area contributed by atoms with Crippen LogP contribution in [0.25, 0.3) is 0 Å². The number of hydrogen-bond acceptors (Lipinski definition) is 3. The maximum atomic E-state index is 12.8. The number of carbonyl (C=O) groups excluding carboxylic acids is 1. The van der Waals surface area contributed by atoms with Crippen LogP contribution in [0.15, 0.2) is 18.2 Å². The number of rotatable bonds is 1. The summed E-state index contributed by atoms with van der Waals surface area (Å²) in [6, 6.07) is 4.03. The average Bonchev–Trinajstić information content (AvgIpc) is 2.44. The topological polar surface area (TPSA) is 47.3 Å². The van der Waals surface area contributed by atoms with E-state index in [2.05, 4.69) is 0 Å². The lowest BCUT2D eigenvalue weighted by molar-refractivity contribution is -0.137. The van der Waals surface area contributed by atoms with Gasteiger partial charge in [-0.3, -0.25) is 4.79 Å². The van der Waals surface area contributed by atoms with Gasteiger partial charge >= 0.3 is 6.18 Å². The molecule has 1 saturated heterocycles. The summed E-state index contributed by atoms with van der Waals surface area (Å²) in [4.78, 5) is 15.6. The van der Waals surface area contributed by atoms with Crippen LogP contribution in [0.2, 0.25) is 5.02 Å². The summed E-state index contributed by atoms with van der Waals surface area (Å²) in [5.74, 6) is -0.618. The van der Waals surface area contributed by atoms with Gasteiger partial charge in [0.2, 0.25) is 0 Å². The van der Waals surface area contributed by atoms with E-state index >= 15 is 0 Å². The molecule has 0 spiro atoms. The SMILES string of the molecule is CN1CCN(C(=O)c2cc(Cl)cc(C(F)(F)F)c2)[C@H](C#N)C1. The molecule has 8 heteroatoms. The minimum Gasteiger partial charge on any atom is -0.320 e. The molecule has 1 aliphatic heterocycles. The molecule has 1 aromatic rings. The zero-order chi connectivity index (χ0) is 16.5. The van der Waals surface area contributed by atoms with Gasteiger partial charge in [0.25, 0.3) is 5.91 Å². The van der Waals surface area contributed by atoms with E-state index < -0.39 is 23.7 Å². The molecule has 1 amide bonds. The number of amides is 1. The first-order valence-electron chi connectivity index (χ1n) is 6.49. The van der Waals surface area contributed by atoms with Crippen LogP contribution in [0, 0.1) is 11.3 Å². The molecule has 1 aromatic carbocycles. The Bertz CT molecular complexity index is 627. The van der Waals surface area contributed by atoms with Crippen LogP contribution in [-0.4, -0.2) is 48.4 Å². The molecule has 2 rings (SSSR count). The van der Waals surface area contributed by atoms with Crippen LogP contribution in [0.1, 0.15) is 15.9 Å². The second-order valence-corrected chi connectivity index (χ2v) is 5.57. The maximum Gasteiger partial charge on any atom is 0.416 e. The largest absolute Gasteiger partial charge is 0.416 e. The summed E-state index contributed by atoms with van der Waals surface area (Å²) < 4.78 is 38.4. The highest BCUT2D eigenvalue weighted by Crippen LogP contribution is 2.32. The van der Waals surface area contributed by atoms with Crippen molar-refractivity contribution >= 4 is 17.5 Å². The summed E-state index contributed by atoms with van der Waals surface area (Å²) in [7, 11) is 1.81. The third kappa shape index (κ3) is 3.51. The number of nitrogens with zero attached hydrogens (tertiary/aromatic N) is 3. The van der Waals surface area contributed by atoms with E-state index in [9.17, 15) is 18.0 Å². The van der Waals surface area contributed by atoms with Crippen molar-refractivity contribution in [2.45, 2.75) is 12.2 Å². The Balaban J connectivity index is 2.33. The first-order valence-corrected chi connectivity index (χ1v) is 6.87. The van der Waals surface area contributed by atoms with Crippen LogP contribution in [0.3, 0.4) is 0 Å². The molecule has 1 heterocycles. The Morgan fingerprint density at radius 3 is 2.64 bits per heavy atom. The molecule has 0 aromatic heterocycles. The standard InChI is InChI=1S/C14H13ClF3N3O/c1-20-2-3-21(12(7-19)8-20)13(22)9-4-10(14(16,17)18)6-11(15)5-9/h4-6,12H,2-3,8H2,1H3/t12-/m1/s1. The van der Waals surface area contributed by atoms with Gasteiger partial charge in [-0.15, -0.1) is 0 Å². The van der Waals surface area contributed by atoms with Gasteiger partial charge in [0.15, 0.2) is 0 Å². The number of benzene rings is 1. The van der Waals surface area contributed by atoms with Gasteiger partial charge in [0.05, 0.1) is 11.6 Å². The molecule has 0 unspecified atom stereocenters. The lowest BCUT2D eigenvalue weighted by Crippen LogP contribution is -2.53. The van der Waals surface area contributed by atoms with E-state index in [1.807, 2.05) is 18.0 Å². The molecule has 0 saturated carbocycles. The smallest absolute Gasteiger partial charge is 0.320 e. The molecular weight excluding hydrogens is 319 g/mol. The monoisotopic (exact) mass is 331 g/mol. The van der Waals surface area contributed by atoms with E-state index in [0.29, 0.717) is 13.1 Å². The quantitative estimate of drug-likeness (QED) is 0.795. The first kappa shape index (κ1) is 16.6. The van der Waals surface area contributed by atoms with Gasteiger partial charge in [-0.1, -0.05) is 11.6 Å². The highest BCUT2D eigenvalue weighted by molar-refractivity contribution is 6.31. The van der Waals surface area contributed by atoms with Crippen molar-refractivity contribution in [3.05, 3.63) is 34.3 Å². The Labute approximate surface area is 130 Å². The average molecular weight is 332 g/mol. The molecule has 4 nitrogen and oxygen atoms in total. The lowest BCUT2D eigenvalue weighted by Gasteiger charge is -2.36. The Morgan fingerprint density at radius 2 is 2.05 bits per heavy atom. The third-order valence-electron chi connectivity index (χ3n) is 3.47. The zero-order valence-corrected chi connectivity index (χ0v) is 12.4. The molecule has 0 aliphatic carbocycles. The van der Waals surface area contributed by atoms with Gasteiger partial charge in [0.1, 0.15) is 6.04 Å². The van der Waals surface area contributed by atoms with Crippen molar-refractivity contribution in [3.8, 4) is 6.07 Å².